The maximum absolute atomic E-state index is 10.9. The molecule has 0 fully saturated rings. The van der Waals surface area contributed by atoms with Gasteiger partial charge in [-0.25, -0.2) is 0 Å². The van der Waals surface area contributed by atoms with Crippen LogP contribution in [0.1, 0.15) is 23.7 Å². The Morgan fingerprint density at radius 2 is 2.30 bits per heavy atom. The van der Waals surface area contributed by atoms with E-state index in [4.69, 9.17) is 4.74 Å². The molecule has 0 unspecified atom stereocenters. The van der Waals surface area contributed by atoms with E-state index < -0.39 is 18.1 Å². The molecule has 2 aromatic rings. The lowest BCUT2D eigenvalue weighted by atomic mass is 9.83. The number of benzene rings is 1. The van der Waals surface area contributed by atoms with Gasteiger partial charge in [-0.3, -0.25) is 15.1 Å². The first-order valence-electron chi connectivity index (χ1n) is 8.88. The van der Waals surface area contributed by atoms with Gasteiger partial charge in [0.2, 0.25) is 0 Å². The molecule has 2 atom stereocenters. The van der Waals surface area contributed by atoms with Crippen molar-refractivity contribution in [3.8, 4) is 5.75 Å². The molecular formula is C18H22BN3O5. The molecule has 9 heteroatoms. The van der Waals surface area contributed by atoms with E-state index in [9.17, 15) is 20.2 Å². The SMILES string of the molecule is CB(O)N(C[C@H]1CCc2cc([N+](=O)[O-])ccc2O1)C[C@H](O)c1cccnc1. The smallest absolute Gasteiger partial charge is 0.376 e. The van der Waals surface area contributed by atoms with E-state index in [2.05, 4.69) is 4.98 Å². The van der Waals surface area contributed by atoms with Crippen molar-refractivity contribution in [2.45, 2.75) is 31.9 Å². The first-order valence-corrected chi connectivity index (χ1v) is 8.88. The van der Waals surface area contributed by atoms with Crippen molar-refractivity contribution in [3.63, 3.8) is 0 Å². The largest absolute Gasteiger partial charge is 0.489 e. The lowest BCUT2D eigenvalue weighted by molar-refractivity contribution is -0.385. The maximum atomic E-state index is 10.9. The highest BCUT2D eigenvalue weighted by molar-refractivity contribution is 6.45. The Bertz CT molecular complexity index is 790. The van der Waals surface area contributed by atoms with Crippen molar-refractivity contribution in [2.24, 2.45) is 0 Å². The van der Waals surface area contributed by atoms with Gasteiger partial charge in [-0.1, -0.05) is 6.07 Å². The number of pyridine rings is 1. The molecule has 2 N–H and O–H groups in total. The molecule has 0 amide bonds. The van der Waals surface area contributed by atoms with Crippen molar-refractivity contribution < 1.29 is 19.8 Å². The normalized spacial score (nSPS) is 17.1. The number of non-ortho nitro benzene ring substituents is 1. The fourth-order valence-electron chi connectivity index (χ4n) is 3.22. The number of aryl methyl sites for hydroxylation is 1. The van der Waals surface area contributed by atoms with Crippen LogP contribution in [0.3, 0.4) is 0 Å². The minimum atomic E-state index is -0.771. The minimum absolute atomic E-state index is 0.0565. The fraction of sp³-hybridized carbons (Fsp3) is 0.389. The Kier molecular flexibility index (Phi) is 6.05. The van der Waals surface area contributed by atoms with Gasteiger partial charge >= 0.3 is 7.05 Å². The molecule has 1 aromatic carbocycles. The summed E-state index contributed by atoms with van der Waals surface area (Å²) in [6, 6.07) is 8.14. The first-order chi connectivity index (χ1) is 12.9. The summed E-state index contributed by atoms with van der Waals surface area (Å²) in [4.78, 5) is 16.2. The van der Waals surface area contributed by atoms with Crippen LogP contribution in [-0.2, 0) is 6.42 Å². The highest BCUT2D eigenvalue weighted by atomic mass is 16.6. The Hall–Kier alpha value is -2.49. The fourth-order valence-corrected chi connectivity index (χ4v) is 3.22. The van der Waals surface area contributed by atoms with Crippen LogP contribution in [0.15, 0.2) is 42.7 Å². The second-order valence-corrected chi connectivity index (χ2v) is 6.72. The van der Waals surface area contributed by atoms with Crippen molar-refractivity contribution >= 4 is 12.7 Å². The second kappa shape index (κ2) is 8.47. The van der Waals surface area contributed by atoms with Crippen LogP contribution < -0.4 is 4.74 Å². The third-order valence-electron chi connectivity index (χ3n) is 4.73. The molecule has 0 radical (unpaired) electrons. The number of rotatable bonds is 7. The standard InChI is InChI=1S/C18H22BN3O5/c1-19(24)21(12-17(23)14-3-2-8-20-10-14)11-16-6-4-13-9-15(22(25)26)5-7-18(13)27-16/h2-3,5,7-10,16-17,23-24H,4,6,11-12H2,1H3/t16-,17+/m1/s1. The van der Waals surface area contributed by atoms with E-state index in [-0.39, 0.29) is 18.3 Å². The number of aliphatic hydroxyl groups excluding tert-OH is 1. The average Bonchev–Trinajstić information content (AvgIpc) is 2.67. The number of hydrogen-bond donors (Lipinski definition) is 2. The molecule has 0 saturated heterocycles. The number of nitrogens with zero attached hydrogens (tertiary/aromatic N) is 3. The van der Waals surface area contributed by atoms with Crippen LogP contribution in [-0.4, -0.2) is 51.1 Å². The zero-order valence-electron chi connectivity index (χ0n) is 15.1. The predicted octanol–water partition coefficient (Wildman–Crippen LogP) is 1.83. The van der Waals surface area contributed by atoms with Gasteiger partial charge in [-0.15, -0.1) is 0 Å². The van der Waals surface area contributed by atoms with Gasteiger partial charge in [-0.05, 0) is 31.8 Å². The Morgan fingerprint density at radius 3 is 2.96 bits per heavy atom. The summed E-state index contributed by atoms with van der Waals surface area (Å²) in [6.07, 6.45) is 3.65. The lowest BCUT2D eigenvalue weighted by Gasteiger charge is -2.33. The molecule has 27 heavy (non-hydrogen) atoms. The van der Waals surface area contributed by atoms with Gasteiger partial charge in [0.15, 0.2) is 0 Å². The van der Waals surface area contributed by atoms with Crippen LogP contribution in [0.25, 0.3) is 0 Å². The number of nitro groups is 1. The van der Waals surface area contributed by atoms with E-state index >= 15 is 0 Å². The summed E-state index contributed by atoms with van der Waals surface area (Å²) in [6.45, 7) is 2.33. The summed E-state index contributed by atoms with van der Waals surface area (Å²) in [7, 11) is -0.752. The zero-order valence-corrected chi connectivity index (χ0v) is 15.1. The summed E-state index contributed by atoms with van der Waals surface area (Å²) in [5, 5.41) is 31.4. The molecule has 1 aliphatic heterocycles. The molecule has 1 aliphatic rings. The Labute approximate surface area is 157 Å². The number of hydrogen-bond acceptors (Lipinski definition) is 7. The molecular weight excluding hydrogens is 349 g/mol. The van der Waals surface area contributed by atoms with E-state index in [0.717, 1.165) is 5.56 Å². The lowest BCUT2D eigenvalue weighted by Crippen LogP contribution is -2.46. The molecule has 2 heterocycles. The number of nitro benzene ring substituents is 1. The highest BCUT2D eigenvalue weighted by Crippen LogP contribution is 2.31. The monoisotopic (exact) mass is 371 g/mol. The van der Waals surface area contributed by atoms with Crippen molar-refractivity contribution in [1.82, 2.24) is 9.79 Å². The van der Waals surface area contributed by atoms with Crippen LogP contribution in [0, 0.1) is 10.1 Å². The zero-order chi connectivity index (χ0) is 19.4. The Morgan fingerprint density at radius 1 is 1.48 bits per heavy atom. The number of ether oxygens (including phenoxy) is 1. The van der Waals surface area contributed by atoms with Crippen LogP contribution >= 0.6 is 0 Å². The van der Waals surface area contributed by atoms with Gasteiger partial charge in [0.1, 0.15) is 11.9 Å². The van der Waals surface area contributed by atoms with Crippen molar-refractivity contribution in [2.75, 3.05) is 13.1 Å². The average molecular weight is 371 g/mol. The van der Waals surface area contributed by atoms with Gasteiger partial charge < -0.3 is 19.7 Å². The molecule has 3 rings (SSSR count). The summed E-state index contributed by atoms with van der Waals surface area (Å²) in [5.41, 5.74) is 1.56. The molecule has 0 saturated carbocycles. The van der Waals surface area contributed by atoms with Gasteiger partial charge in [0, 0.05) is 48.7 Å². The third kappa shape index (κ3) is 4.82. The number of aliphatic hydroxyl groups is 1. The van der Waals surface area contributed by atoms with E-state index in [0.29, 0.717) is 30.7 Å². The molecule has 1 aromatic heterocycles. The molecule has 0 spiro atoms. The molecule has 0 bridgehead atoms. The van der Waals surface area contributed by atoms with Crippen LogP contribution in [0.5, 0.6) is 5.75 Å². The predicted molar refractivity (Wildman–Crippen MR) is 100 cm³/mol. The van der Waals surface area contributed by atoms with Gasteiger partial charge in [0.25, 0.3) is 5.69 Å². The minimum Gasteiger partial charge on any atom is -0.489 e. The summed E-state index contributed by atoms with van der Waals surface area (Å²) < 4.78 is 5.97. The van der Waals surface area contributed by atoms with Gasteiger partial charge in [-0.2, -0.15) is 0 Å². The molecule has 142 valence electrons. The topological polar surface area (TPSA) is 109 Å². The second-order valence-electron chi connectivity index (χ2n) is 6.72. The van der Waals surface area contributed by atoms with E-state index in [1.807, 2.05) is 0 Å². The number of aromatic nitrogens is 1. The van der Waals surface area contributed by atoms with E-state index in [1.54, 1.807) is 48.3 Å². The first kappa shape index (κ1) is 19.3. The highest BCUT2D eigenvalue weighted by Gasteiger charge is 2.28. The third-order valence-corrected chi connectivity index (χ3v) is 4.73. The van der Waals surface area contributed by atoms with Crippen molar-refractivity contribution in [1.29, 1.82) is 0 Å². The van der Waals surface area contributed by atoms with Crippen LogP contribution in [0.4, 0.5) is 5.69 Å². The quantitative estimate of drug-likeness (QED) is 0.434. The van der Waals surface area contributed by atoms with Crippen LogP contribution in [0.2, 0.25) is 6.82 Å². The molecule has 0 aliphatic carbocycles. The molecule has 8 nitrogen and oxygen atoms in total. The Balaban J connectivity index is 1.64. The van der Waals surface area contributed by atoms with Crippen molar-refractivity contribution in [3.05, 3.63) is 64.0 Å². The summed E-state index contributed by atoms with van der Waals surface area (Å²) in [5.74, 6) is 0.634. The maximum Gasteiger partial charge on any atom is 0.376 e. The van der Waals surface area contributed by atoms with Gasteiger partial charge in [0.05, 0.1) is 11.0 Å². The summed E-state index contributed by atoms with van der Waals surface area (Å²) >= 11 is 0. The van der Waals surface area contributed by atoms with E-state index in [1.165, 1.54) is 6.07 Å². The number of fused-ring (bicyclic) bond motifs is 1.